The maximum atomic E-state index is 5.25. The average molecular weight is 304 g/mol. The fourth-order valence-electron chi connectivity index (χ4n) is 1.53. The van der Waals surface area contributed by atoms with Crippen LogP contribution in [-0.2, 0) is 12.3 Å². The number of thioether (sulfide) groups is 1. The molecule has 0 saturated carbocycles. The van der Waals surface area contributed by atoms with Crippen molar-refractivity contribution in [1.82, 2.24) is 15.2 Å². The molecule has 1 N–H and O–H groups in total. The van der Waals surface area contributed by atoms with E-state index < -0.39 is 0 Å². The molecule has 3 aromatic heterocycles. The summed E-state index contributed by atoms with van der Waals surface area (Å²) in [5, 5.41) is 12.2. The summed E-state index contributed by atoms with van der Waals surface area (Å²) in [7, 11) is 0. The molecule has 0 unspecified atom stereocenters. The quantitative estimate of drug-likeness (QED) is 0.704. The van der Waals surface area contributed by atoms with E-state index in [0.29, 0.717) is 6.54 Å². The van der Waals surface area contributed by atoms with Gasteiger partial charge >= 0.3 is 0 Å². The van der Waals surface area contributed by atoms with Crippen LogP contribution in [0.2, 0.25) is 0 Å². The van der Waals surface area contributed by atoms with Crippen LogP contribution in [0, 0.1) is 0 Å². The third kappa shape index (κ3) is 3.58. The summed E-state index contributed by atoms with van der Waals surface area (Å²) in [5.41, 5.74) is 1.04. The first kappa shape index (κ1) is 13.1. The second-order valence-electron chi connectivity index (χ2n) is 3.92. The number of hydrogen-bond donors (Lipinski definition) is 1. The zero-order valence-electron chi connectivity index (χ0n) is 10.5. The Balaban J connectivity index is 1.51. The molecule has 3 aromatic rings. The molecule has 5 nitrogen and oxygen atoms in total. The van der Waals surface area contributed by atoms with E-state index in [0.717, 1.165) is 26.7 Å². The Morgan fingerprint density at radius 2 is 2.20 bits per heavy atom. The van der Waals surface area contributed by atoms with E-state index in [1.54, 1.807) is 24.2 Å². The summed E-state index contributed by atoms with van der Waals surface area (Å²) in [6.45, 7) is 0.618. The van der Waals surface area contributed by atoms with Crippen LogP contribution in [0.1, 0.15) is 11.5 Å². The van der Waals surface area contributed by atoms with Crippen LogP contribution < -0.4 is 5.32 Å². The lowest BCUT2D eigenvalue weighted by molar-refractivity contribution is 0.518. The van der Waals surface area contributed by atoms with Crippen LogP contribution >= 0.6 is 23.1 Å². The first-order valence-electron chi connectivity index (χ1n) is 6.02. The largest absolute Gasteiger partial charge is 0.467 e. The molecular weight excluding hydrogens is 292 g/mol. The van der Waals surface area contributed by atoms with Gasteiger partial charge in [0.2, 0.25) is 5.13 Å². The summed E-state index contributed by atoms with van der Waals surface area (Å²) < 4.78 is 6.18. The molecule has 0 aliphatic carbocycles. The van der Waals surface area contributed by atoms with Crippen LogP contribution in [0.5, 0.6) is 0 Å². The smallest absolute Gasteiger partial charge is 0.206 e. The number of anilines is 1. The monoisotopic (exact) mass is 304 g/mol. The van der Waals surface area contributed by atoms with Gasteiger partial charge in [0, 0.05) is 11.9 Å². The van der Waals surface area contributed by atoms with Gasteiger partial charge in [-0.25, -0.2) is 0 Å². The molecule has 0 fully saturated rings. The highest BCUT2D eigenvalue weighted by atomic mass is 32.2. The maximum absolute atomic E-state index is 5.25. The van der Waals surface area contributed by atoms with Crippen LogP contribution in [0.15, 0.2) is 51.5 Å². The molecule has 0 bridgehead atoms. The predicted molar refractivity (Wildman–Crippen MR) is 79.7 cm³/mol. The summed E-state index contributed by atoms with van der Waals surface area (Å²) in [6, 6.07) is 9.69. The van der Waals surface area contributed by atoms with E-state index in [1.807, 2.05) is 30.3 Å². The van der Waals surface area contributed by atoms with Gasteiger partial charge in [-0.1, -0.05) is 29.2 Å². The number of hydrogen-bond acceptors (Lipinski definition) is 7. The molecule has 0 aliphatic rings. The van der Waals surface area contributed by atoms with Gasteiger partial charge in [0.1, 0.15) is 5.76 Å². The minimum atomic E-state index is 0.618. The van der Waals surface area contributed by atoms with Gasteiger partial charge in [-0.15, -0.1) is 10.2 Å². The lowest BCUT2D eigenvalue weighted by atomic mass is 10.4. The van der Waals surface area contributed by atoms with Gasteiger partial charge in [-0.3, -0.25) is 4.98 Å². The number of aromatic nitrogens is 3. The van der Waals surface area contributed by atoms with E-state index in [-0.39, 0.29) is 0 Å². The van der Waals surface area contributed by atoms with Crippen LogP contribution in [-0.4, -0.2) is 15.2 Å². The molecule has 3 rings (SSSR count). The van der Waals surface area contributed by atoms with Gasteiger partial charge in [0.05, 0.1) is 18.5 Å². The highest BCUT2D eigenvalue weighted by Crippen LogP contribution is 2.27. The number of pyridine rings is 1. The molecule has 0 radical (unpaired) electrons. The summed E-state index contributed by atoms with van der Waals surface area (Å²) in [6.07, 6.45) is 3.46. The second kappa shape index (κ2) is 6.53. The fourth-order valence-corrected chi connectivity index (χ4v) is 3.20. The number of rotatable bonds is 6. The van der Waals surface area contributed by atoms with Crippen molar-refractivity contribution in [2.45, 2.75) is 16.6 Å². The lowest BCUT2D eigenvalue weighted by Crippen LogP contribution is -1.96. The van der Waals surface area contributed by atoms with E-state index >= 15 is 0 Å². The van der Waals surface area contributed by atoms with E-state index in [9.17, 15) is 0 Å². The number of furan rings is 1. The van der Waals surface area contributed by atoms with Crippen molar-refractivity contribution in [3.63, 3.8) is 0 Å². The standard InChI is InChI=1S/C13H12N4OS2/c1-2-6-14-10(4-1)9-19-13-17-16-12(20-13)15-8-11-5-3-7-18-11/h1-7H,8-9H2,(H,15,16). The van der Waals surface area contributed by atoms with Crippen molar-refractivity contribution in [2.75, 3.05) is 5.32 Å². The Morgan fingerprint density at radius 1 is 1.20 bits per heavy atom. The summed E-state index contributed by atoms with van der Waals surface area (Å²) in [5.74, 6) is 1.68. The molecule has 7 heteroatoms. The van der Waals surface area contributed by atoms with Crippen LogP contribution in [0.4, 0.5) is 5.13 Å². The Kier molecular flexibility index (Phi) is 4.29. The Hall–Kier alpha value is -1.86. The molecular formula is C13H12N4OS2. The molecule has 0 aromatic carbocycles. The predicted octanol–water partition coefficient (Wildman–Crippen LogP) is 3.43. The third-order valence-corrected chi connectivity index (χ3v) is 4.52. The first-order chi connectivity index (χ1) is 9.90. The van der Waals surface area contributed by atoms with Crippen LogP contribution in [0.3, 0.4) is 0 Å². The Morgan fingerprint density at radius 3 is 3.00 bits per heavy atom. The van der Waals surface area contributed by atoms with Crippen molar-refractivity contribution in [3.8, 4) is 0 Å². The fraction of sp³-hybridized carbons (Fsp3) is 0.154. The summed E-state index contributed by atoms with van der Waals surface area (Å²) in [4.78, 5) is 4.28. The zero-order chi connectivity index (χ0) is 13.6. The number of nitrogens with zero attached hydrogens (tertiary/aromatic N) is 3. The van der Waals surface area contributed by atoms with Crippen molar-refractivity contribution < 1.29 is 4.42 Å². The molecule has 0 saturated heterocycles. The first-order valence-corrected chi connectivity index (χ1v) is 7.83. The van der Waals surface area contributed by atoms with Crippen molar-refractivity contribution in [2.24, 2.45) is 0 Å². The van der Waals surface area contributed by atoms with Gasteiger partial charge < -0.3 is 9.73 Å². The SMILES string of the molecule is c1ccc(CSc2nnc(NCc3ccco3)s2)nc1. The normalized spacial score (nSPS) is 10.6. The highest BCUT2D eigenvalue weighted by molar-refractivity contribution is 8.00. The lowest BCUT2D eigenvalue weighted by Gasteiger charge is -1.97. The number of nitrogens with one attached hydrogen (secondary N) is 1. The molecule has 0 spiro atoms. The van der Waals surface area contributed by atoms with E-state index in [2.05, 4.69) is 20.5 Å². The Bertz CT molecular complexity index is 639. The molecule has 20 heavy (non-hydrogen) atoms. The van der Waals surface area contributed by atoms with Crippen LogP contribution in [0.25, 0.3) is 0 Å². The minimum absolute atomic E-state index is 0.618. The molecule has 0 aliphatic heterocycles. The molecule has 102 valence electrons. The molecule has 3 heterocycles. The minimum Gasteiger partial charge on any atom is -0.467 e. The van der Waals surface area contributed by atoms with Gasteiger partial charge in [-0.2, -0.15) is 0 Å². The van der Waals surface area contributed by atoms with E-state index in [1.165, 1.54) is 11.3 Å². The highest BCUT2D eigenvalue weighted by Gasteiger charge is 2.06. The van der Waals surface area contributed by atoms with E-state index in [4.69, 9.17) is 4.42 Å². The van der Waals surface area contributed by atoms with Crippen molar-refractivity contribution in [3.05, 3.63) is 54.2 Å². The maximum Gasteiger partial charge on any atom is 0.206 e. The van der Waals surface area contributed by atoms with Gasteiger partial charge in [0.25, 0.3) is 0 Å². The second-order valence-corrected chi connectivity index (χ2v) is 6.12. The third-order valence-electron chi connectivity index (χ3n) is 2.47. The van der Waals surface area contributed by atoms with Gasteiger partial charge in [-0.05, 0) is 24.3 Å². The summed E-state index contributed by atoms with van der Waals surface area (Å²) >= 11 is 3.17. The topological polar surface area (TPSA) is 63.8 Å². The molecule has 0 amide bonds. The molecule has 0 atom stereocenters. The van der Waals surface area contributed by atoms with Gasteiger partial charge in [0.15, 0.2) is 4.34 Å². The van der Waals surface area contributed by atoms with Crippen molar-refractivity contribution >= 4 is 28.2 Å². The zero-order valence-corrected chi connectivity index (χ0v) is 12.2. The Labute approximate surface area is 124 Å². The average Bonchev–Trinajstić information content (AvgIpc) is 3.16. The van der Waals surface area contributed by atoms with Crippen molar-refractivity contribution in [1.29, 1.82) is 0 Å².